The third-order valence-electron chi connectivity index (χ3n) is 2.67. The first kappa shape index (κ1) is 15.4. The molecule has 0 bridgehead atoms. The van der Waals surface area contributed by atoms with Crippen LogP contribution in [0.2, 0.25) is 0 Å². The van der Waals surface area contributed by atoms with E-state index >= 15 is 0 Å². The zero-order chi connectivity index (χ0) is 14.9. The standard InChI is InChI=1S/C12H9BrF4N2S/c13-10-4-3-9(20-10)11(19-18)6-1-2-8(14)7(5-6)12(15,16)17/h1-5,11,19H,18H2. The van der Waals surface area contributed by atoms with Crippen molar-refractivity contribution in [2.75, 3.05) is 0 Å². The van der Waals surface area contributed by atoms with Crippen LogP contribution in [-0.2, 0) is 6.18 Å². The molecular weight excluding hydrogens is 360 g/mol. The third kappa shape index (κ3) is 3.20. The quantitative estimate of drug-likeness (QED) is 0.483. The van der Waals surface area contributed by atoms with Crippen molar-refractivity contribution < 1.29 is 17.6 Å². The van der Waals surface area contributed by atoms with Crippen LogP contribution in [0.15, 0.2) is 34.1 Å². The van der Waals surface area contributed by atoms with Crippen molar-refractivity contribution in [1.29, 1.82) is 0 Å². The number of hydrazine groups is 1. The molecule has 20 heavy (non-hydrogen) atoms. The molecule has 0 radical (unpaired) electrons. The number of alkyl halides is 3. The normalized spacial score (nSPS) is 13.5. The molecule has 1 heterocycles. The van der Waals surface area contributed by atoms with Gasteiger partial charge in [0.25, 0.3) is 0 Å². The Balaban J connectivity index is 2.46. The van der Waals surface area contributed by atoms with E-state index in [-0.39, 0.29) is 5.56 Å². The smallest absolute Gasteiger partial charge is 0.271 e. The van der Waals surface area contributed by atoms with E-state index < -0.39 is 23.6 Å². The summed E-state index contributed by atoms with van der Waals surface area (Å²) >= 11 is 4.60. The first-order valence-corrected chi connectivity index (χ1v) is 7.02. The lowest BCUT2D eigenvalue weighted by Gasteiger charge is -2.17. The molecule has 0 saturated carbocycles. The van der Waals surface area contributed by atoms with Crippen molar-refractivity contribution in [1.82, 2.24) is 5.43 Å². The molecule has 0 aliphatic rings. The van der Waals surface area contributed by atoms with Crippen LogP contribution in [0.1, 0.15) is 22.0 Å². The lowest BCUT2D eigenvalue weighted by Crippen LogP contribution is -2.28. The summed E-state index contributed by atoms with van der Waals surface area (Å²) in [4.78, 5) is 0.721. The Labute approximate surface area is 124 Å². The van der Waals surface area contributed by atoms with Gasteiger partial charge in [0.2, 0.25) is 0 Å². The largest absolute Gasteiger partial charge is 0.419 e. The number of halogens is 5. The maximum Gasteiger partial charge on any atom is 0.419 e. The number of nitrogens with two attached hydrogens (primary N) is 1. The lowest BCUT2D eigenvalue weighted by molar-refractivity contribution is -0.140. The van der Waals surface area contributed by atoms with E-state index in [9.17, 15) is 17.6 Å². The van der Waals surface area contributed by atoms with Gasteiger partial charge in [-0.3, -0.25) is 5.84 Å². The van der Waals surface area contributed by atoms with Crippen LogP contribution in [0, 0.1) is 5.82 Å². The molecule has 2 rings (SSSR count). The van der Waals surface area contributed by atoms with Gasteiger partial charge in [-0.15, -0.1) is 11.3 Å². The number of thiophene rings is 1. The highest BCUT2D eigenvalue weighted by Gasteiger charge is 2.34. The summed E-state index contributed by atoms with van der Waals surface area (Å²) in [6, 6.07) is 5.71. The molecule has 1 aromatic heterocycles. The van der Waals surface area contributed by atoms with Gasteiger partial charge in [-0.2, -0.15) is 13.2 Å². The van der Waals surface area contributed by atoms with Gasteiger partial charge in [0.15, 0.2) is 0 Å². The van der Waals surface area contributed by atoms with E-state index in [2.05, 4.69) is 21.4 Å². The van der Waals surface area contributed by atoms with Crippen LogP contribution in [0.5, 0.6) is 0 Å². The van der Waals surface area contributed by atoms with Gasteiger partial charge in [-0.1, -0.05) is 6.07 Å². The average molecular weight is 369 g/mol. The minimum Gasteiger partial charge on any atom is -0.271 e. The van der Waals surface area contributed by atoms with Gasteiger partial charge in [-0.25, -0.2) is 9.82 Å². The molecule has 0 spiro atoms. The molecule has 108 valence electrons. The highest BCUT2D eigenvalue weighted by molar-refractivity contribution is 9.11. The van der Waals surface area contributed by atoms with Crippen molar-refractivity contribution in [3.63, 3.8) is 0 Å². The van der Waals surface area contributed by atoms with E-state index in [0.717, 1.165) is 20.8 Å². The molecule has 0 amide bonds. The molecule has 3 N–H and O–H groups in total. The molecule has 1 unspecified atom stereocenters. The van der Waals surface area contributed by atoms with E-state index in [1.54, 1.807) is 12.1 Å². The fraction of sp³-hybridized carbons (Fsp3) is 0.167. The van der Waals surface area contributed by atoms with Crippen LogP contribution in [0.4, 0.5) is 17.6 Å². The van der Waals surface area contributed by atoms with Crippen LogP contribution in [0.25, 0.3) is 0 Å². The summed E-state index contributed by atoms with van der Waals surface area (Å²) in [5, 5.41) is 0. The van der Waals surface area contributed by atoms with Crippen LogP contribution >= 0.6 is 27.3 Å². The Kier molecular flexibility index (Phi) is 4.48. The second-order valence-corrected chi connectivity index (χ2v) is 6.47. The zero-order valence-electron chi connectivity index (χ0n) is 9.84. The van der Waals surface area contributed by atoms with Gasteiger partial charge >= 0.3 is 6.18 Å². The molecule has 0 fully saturated rings. The molecule has 2 aromatic rings. The van der Waals surface area contributed by atoms with E-state index in [0.29, 0.717) is 0 Å². The van der Waals surface area contributed by atoms with Crippen LogP contribution in [0.3, 0.4) is 0 Å². The first-order chi connectivity index (χ1) is 9.32. The minimum absolute atomic E-state index is 0.246. The minimum atomic E-state index is -4.74. The lowest BCUT2D eigenvalue weighted by atomic mass is 10.0. The second kappa shape index (κ2) is 5.80. The Morgan fingerprint density at radius 2 is 1.90 bits per heavy atom. The van der Waals surface area contributed by atoms with Gasteiger partial charge < -0.3 is 0 Å². The number of nitrogens with one attached hydrogen (secondary N) is 1. The Morgan fingerprint density at radius 1 is 1.20 bits per heavy atom. The summed E-state index contributed by atoms with van der Waals surface area (Å²) in [5.41, 5.74) is 1.39. The molecule has 0 saturated heterocycles. The summed E-state index contributed by atoms with van der Waals surface area (Å²) in [7, 11) is 0. The summed E-state index contributed by atoms with van der Waals surface area (Å²) in [5.74, 6) is 4.11. The monoisotopic (exact) mass is 368 g/mol. The van der Waals surface area contributed by atoms with Gasteiger partial charge in [0, 0.05) is 4.88 Å². The fourth-order valence-electron chi connectivity index (χ4n) is 1.77. The highest BCUT2D eigenvalue weighted by Crippen LogP contribution is 2.36. The maximum atomic E-state index is 13.3. The number of hydrogen-bond donors (Lipinski definition) is 2. The molecule has 1 aromatic carbocycles. The maximum absolute atomic E-state index is 13.3. The van der Waals surface area contributed by atoms with Crippen molar-refractivity contribution in [2.45, 2.75) is 12.2 Å². The fourth-order valence-corrected chi connectivity index (χ4v) is 3.28. The Hall–Kier alpha value is -0.960. The van der Waals surface area contributed by atoms with E-state index in [1.807, 2.05) is 0 Å². The van der Waals surface area contributed by atoms with Crippen molar-refractivity contribution >= 4 is 27.3 Å². The molecule has 2 nitrogen and oxygen atoms in total. The number of benzene rings is 1. The summed E-state index contributed by atoms with van der Waals surface area (Å²) < 4.78 is 52.2. The number of hydrogen-bond acceptors (Lipinski definition) is 3. The van der Waals surface area contributed by atoms with Crippen molar-refractivity contribution in [2.24, 2.45) is 5.84 Å². The molecule has 0 aliphatic heterocycles. The highest BCUT2D eigenvalue weighted by atomic mass is 79.9. The van der Waals surface area contributed by atoms with Crippen molar-refractivity contribution in [3.8, 4) is 0 Å². The molecular formula is C12H9BrF4N2S. The van der Waals surface area contributed by atoms with Crippen LogP contribution in [-0.4, -0.2) is 0 Å². The predicted molar refractivity (Wildman–Crippen MR) is 72.6 cm³/mol. The second-order valence-electron chi connectivity index (χ2n) is 3.98. The zero-order valence-corrected chi connectivity index (χ0v) is 12.2. The number of rotatable bonds is 3. The van der Waals surface area contributed by atoms with E-state index in [1.165, 1.54) is 17.4 Å². The molecule has 8 heteroatoms. The van der Waals surface area contributed by atoms with Crippen molar-refractivity contribution in [3.05, 3.63) is 55.9 Å². The Bertz CT molecular complexity index is 612. The predicted octanol–water partition coefficient (Wildman–Crippen LogP) is 4.22. The Morgan fingerprint density at radius 3 is 2.40 bits per heavy atom. The van der Waals surface area contributed by atoms with Gasteiger partial charge in [-0.05, 0) is 45.8 Å². The summed E-state index contributed by atoms with van der Waals surface area (Å²) in [6.07, 6.45) is -4.74. The summed E-state index contributed by atoms with van der Waals surface area (Å²) in [6.45, 7) is 0. The van der Waals surface area contributed by atoms with Gasteiger partial charge in [0.05, 0.1) is 15.4 Å². The first-order valence-electron chi connectivity index (χ1n) is 5.41. The van der Waals surface area contributed by atoms with Crippen LogP contribution < -0.4 is 11.3 Å². The SMILES string of the molecule is NNC(c1ccc(F)c(C(F)(F)F)c1)c1ccc(Br)s1. The third-order valence-corrected chi connectivity index (χ3v) is 4.36. The molecule has 1 atom stereocenters. The average Bonchev–Trinajstić information content (AvgIpc) is 2.77. The van der Waals surface area contributed by atoms with Gasteiger partial charge in [0.1, 0.15) is 5.82 Å². The molecule has 0 aliphatic carbocycles. The topological polar surface area (TPSA) is 38.0 Å². The van der Waals surface area contributed by atoms with E-state index in [4.69, 9.17) is 5.84 Å².